The average Bonchev–Trinajstić information content (AvgIpc) is 3.20. The molecular formula is C18H26N6O4. The predicted octanol–water partition coefficient (Wildman–Crippen LogP) is 2.53. The van der Waals surface area contributed by atoms with Gasteiger partial charge in [0.1, 0.15) is 0 Å². The van der Waals surface area contributed by atoms with Gasteiger partial charge >= 0.3 is 6.03 Å². The predicted molar refractivity (Wildman–Crippen MR) is 102 cm³/mol. The summed E-state index contributed by atoms with van der Waals surface area (Å²) in [7, 11) is 4.56. The van der Waals surface area contributed by atoms with Gasteiger partial charge in [-0.15, -0.1) is 5.10 Å². The number of tetrazole rings is 1. The molecule has 152 valence electrons. The van der Waals surface area contributed by atoms with E-state index in [2.05, 4.69) is 26.2 Å². The van der Waals surface area contributed by atoms with Crippen LogP contribution in [0.2, 0.25) is 0 Å². The zero-order valence-electron chi connectivity index (χ0n) is 16.4. The van der Waals surface area contributed by atoms with Crippen molar-refractivity contribution in [1.82, 2.24) is 25.5 Å². The van der Waals surface area contributed by atoms with Crippen LogP contribution in [-0.2, 0) is 6.54 Å². The van der Waals surface area contributed by atoms with Crippen LogP contribution in [0.5, 0.6) is 17.2 Å². The molecule has 3 rings (SSSR count). The van der Waals surface area contributed by atoms with E-state index in [1.807, 2.05) is 4.68 Å². The van der Waals surface area contributed by atoms with Crippen molar-refractivity contribution in [1.29, 1.82) is 0 Å². The minimum atomic E-state index is -0.382. The highest BCUT2D eigenvalue weighted by atomic mass is 16.5. The summed E-state index contributed by atoms with van der Waals surface area (Å²) in [4.78, 5) is 12.3. The minimum absolute atomic E-state index is 0.236. The van der Waals surface area contributed by atoms with E-state index >= 15 is 0 Å². The Bertz CT molecular complexity index is 778. The van der Waals surface area contributed by atoms with Crippen molar-refractivity contribution in [2.45, 2.75) is 44.7 Å². The Kier molecular flexibility index (Phi) is 6.51. The van der Waals surface area contributed by atoms with Gasteiger partial charge in [-0.1, -0.05) is 19.3 Å². The molecule has 2 aromatic rings. The van der Waals surface area contributed by atoms with E-state index in [1.165, 1.54) is 40.6 Å². The molecule has 1 saturated carbocycles. The quantitative estimate of drug-likeness (QED) is 0.747. The number of urea groups is 1. The number of amides is 2. The lowest BCUT2D eigenvalue weighted by Gasteiger charge is -2.22. The molecule has 0 radical (unpaired) electrons. The van der Waals surface area contributed by atoms with E-state index in [9.17, 15) is 4.79 Å². The van der Waals surface area contributed by atoms with Crippen LogP contribution in [0.3, 0.4) is 0 Å². The molecule has 1 aromatic heterocycles. The van der Waals surface area contributed by atoms with Crippen molar-refractivity contribution in [3.63, 3.8) is 0 Å². The maximum atomic E-state index is 12.3. The first-order valence-corrected chi connectivity index (χ1v) is 9.27. The first-order valence-electron chi connectivity index (χ1n) is 9.27. The van der Waals surface area contributed by atoms with E-state index in [4.69, 9.17) is 14.2 Å². The molecule has 2 N–H and O–H groups in total. The number of hydrogen-bond acceptors (Lipinski definition) is 7. The van der Waals surface area contributed by atoms with Gasteiger partial charge in [-0.3, -0.25) is 0 Å². The SMILES string of the molecule is COc1cc(NC(=O)NCc2nnnn2C2CCCCC2)cc(OC)c1OC. The second kappa shape index (κ2) is 9.25. The fourth-order valence-electron chi connectivity index (χ4n) is 3.43. The summed E-state index contributed by atoms with van der Waals surface area (Å²) < 4.78 is 17.7. The van der Waals surface area contributed by atoms with Gasteiger partial charge in [0.25, 0.3) is 0 Å². The largest absolute Gasteiger partial charge is 0.493 e. The number of methoxy groups -OCH3 is 3. The van der Waals surface area contributed by atoms with Gasteiger partial charge in [-0.2, -0.15) is 0 Å². The van der Waals surface area contributed by atoms with E-state index in [0.717, 1.165) is 12.8 Å². The van der Waals surface area contributed by atoms with Crippen LogP contribution in [0.4, 0.5) is 10.5 Å². The highest BCUT2D eigenvalue weighted by Crippen LogP contribution is 2.39. The van der Waals surface area contributed by atoms with Crippen LogP contribution < -0.4 is 24.8 Å². The molecule has 10 heteroatoms. The molecule has 10 nitrogen and oxygen atoms in total. The summed E-state index contributed by atoms with van der Waals surface area (Å²) in [5.41, 5.74) is 0.513. The lowest BCUT2D eigenvalue weighted by Crippen LogP contribution is -2.30. The van der Waals surface area contributed by atoms with Crippen molar-refractivity contribution in [3.8, 4) is 17.2 Å². The molecule has 0 saturated heterocycles. The number of rotatable bonds is 7. The smallest absolute Gasteiger partial charge is 0.319 e. The van der Waals surface area contributed by atoms with Gasteiger partial charge in [0.05, 0.1) is 39.6 Å². The molecule has 0 atom stereocenters. The van der Waals surface area contributed by atoms with E-state index in [1.54, 1.807) is 12.1 Å². The number of aromatic nitrogens is 4. The van der Waals surface area contributed by atoms with Crippen molar-refractivity contribution in [3.05, 3.63) is 18.0 Å². The molecule has 1 aromatic carbocycles. The van der Waals surface area contributed by atoms with Crippen molar-refractivity contribution < 1.29 is 19.0 Å². The Morgan fingerprint density at radius 1 is 1.11 bits per heavy atom. The third kappa shape index (κ3) is 4.44. The Hall–Kier alpha value is -3.04. The number of carbonyl (C=O) groups excluding carboxylic acids is 1. The highest BCUT2D eigenvalue weighted by Gasteiger charge is 2.20. The van der Waals surface area contributed by atoms with Crippen molar-refractivity contribution >= 4 is 11.7 Å². The molecule has 2 amide bonds. The average molecular weight is 390 g/mol. The topological polar surface area (TPSA) is 112 Å². The maximum absolute atomic E-state index is 12.3. The van der Waals surface area contributed by atoms with Crippen molar-refractivity contribution in [2.24, 2.45) is 0 Å². The van der Waals surface area contributed by atoms with E-state index in [0.29, 0.717) is 34.8 Å². The molecule has 28 heavy (non-hydrogen) atoms. The summed E-state index contributed by atoms with van der Waals surface area (Å²) in [5.74, 6) is 2.02. The van der Waals surface area contributed by atoms with Gasteiger partial charge in [0.2, 0.25) is 5.75 Å². The van der Waals surface area contributed by atoms with Gasteiger partial charge in [0, 0.05) is 12.1 Å². The summed E-state index contributed by atoms with van der Waals surface area (Å²) >= 11 is 0. The van der Waals surface area contributed by atoms with Crippen LogP contribution >= 0.6 is 0 Å². The standard InChI is InChI=1S/C18H26N6O4/c1-26-14-9-12(10-15(27-2)17(14)28-3)20-18(25)19-11-16-21-22-23-24(16)13-7-5-4-6-8-13/h9-10,13H,4-8,11H2,1-3H3,(H2,19,20,25). The maximum Gasteiger partial charge on any atom is 0.319 e. The van der Waals surface area contributed by atoms with Crippen molar-refractivity contribution in [2.75, 3.05) is 26.6 Å². The molecule has 1 aliphatic rings. The minimum Gasteiger partial charge on any atom is -0.493 e. The number of hydrogen-bond donors (Lipinski definition) is 2. The fraction of sp³-hybridized carbons (Fsp3) is 0.556. The molecule has 0 unspecified atom stereocenters. The first-order chi connectivity index (χ1) is 13.7. The summed E-state index contributed by atoms with van der Waals surface area (Å²) in [6.07, 6.45) is 5.74. The molecular weight excluding hydrogens is 364 g/mol. The first kappa shape index (κ1) is 19.7. The van der Waals surface area contributed by atoms with Gasteiger partial charge in [0.15, 0.2) is 17.3 Å². The lowest BCUT2D eigenvalue weighted by atomic mass is 9.96. The van der Waals surface area contributed by atoms with Crippen LogP contribution in [-0.4, -0.2) is 47.6 Å². The van der Waals surface area contributed by atoms with Crippen LogP contribution in [0.1, 0.15) is 44.0 Å². The lowest BCUT2D eigenvalue weighted by molar-refractivity contribution is 0.250. The Balaban J connectivity index is 1.63. The Morgan fingerprint density at radius 2 is 1.79 bits per heavy atom. The zero-order chi connectivity index (χ0) is 19.9. The van der Waals surface area contributed by atoms with Gasteiger partial charge in [-0.05, 0) is 23.3 Å². The Labute approximate surface area is 163 Å². The third-order valence-corrected chi connectivity index (χ3v) is 4.81. The molecule has 0 aliphatic heterocycles. The highest BCUT2D eigenvalue weighted by molar-refractivity contribution is 5.90. The van der Waals surface area contributed by atoms with Crippen LogP contribution in [0.15, 0.2) is 12.1 Å². The monoisotopic (exact) mass is 390 g/mol. The number of nitrogens with zero attached hydrogens (tertiary/aromatic N) is 4. The summed E-state index contributed by atoms with van der Waals surface area (Å²) in [5, 5.41) is 17.5. The molecule has 0 bridgehead atoms. The summed E-state index contributed by atoms with van der Waals surface area (Å²) in [6.45, 7) is 0.236. The third-order valence-electron chi connectivity index (χ3n) is 4.81. The number of nitrogens with one attached hydrogen (secondary N) is 2. The van der Waals surface area contributed by atoms with Crippen LogP contribution in [0, 0.1) is 0 Å². The fourth-order valence-corrected chi connectivity index (χ4v) is 3.43. The van der Waals surface area contributed by atoms with Gasteiger partial charge in [-0.25, -0.2) is 9.48 Å². The van der Waals surface area contributed by atoms with E-state index in [-0.39, 0.29) is 12.6 Å². The zero-order valence-corrected chi connectivity index (χ0v) is 16.4. The second-order valence-corrected chi connectivity index (χ2v) is 6.55. The molecule has 1 heterocycles. The molecule has 0 spiro atoms. The molecule has 1 fully saturated rings. The number of carbonyl (C=O) groups is 1. The molecule has 1 aliphatic carbocycles. The Morgan fingerprint density at radius 3 is 2.39 bits per heavy atom. The number of ether oxygens (including phenoxy) is 3. The normalized spacial score (nSPS) is 14.4. The second-order valence-electron chi connectivity index (χ2n) is 6.55. The van der Waals surface area contributed by atoms with E-state index < -0.39 is 0 Å². The summed E-state index contributed by atoms with van der Waals surface area (Å²) in [6, 6.07) is 3.24. The number of benzene rings is 1. The van der Waals surface area contributed by atoms with Gasteiger partial charge < -0.3 is 24.8 Å². The number of anilines is 1. The van der Waals surface area contributed by atoms with Crippen LogP contribution in [0.25, 0.3) is 0 Å².